The summed E-state index contributed by atoms with van der Waals surface area (Å²) in [5.41, 5.74) is 0.178. The van der Waals surface area contributed by atoms with Crippen LogP contribution in [0.2, 0.25) is 0 Å². The van der Waals surface area contributed by atoms with Crippen LogP contribution in [-0.2, 0) is 4.74 Å². The fourth-order valence-corrected chi connectivity index (χ4v) is 1.02. The highest BCUT2D eigenvalue weighted by atomic mass is 16.5. The van der Waals surface area contributed by atoms with E-state index in [9.17, 15) is 4.79 Å². The Morgan fingerprint density at radius 2 is 2.43 bits per heavy atom. The first-order valence-corrected chi connectivity index (χ1v) is 4.15. The van der Waals surface area contributed by atoms with Crippen LogP contribution in [0.5, 0.6) is 0 Å². The lowest BCUT2D eigenvalue weighted by Gasteiger charge is -1.99. The molecule has 0 aromatic carbocycles. The molecule has 0 saturated heterocycles. The molecule has 0 fully saturated rings. The van der Waals surface area contributed by atoms with Crippen LogP contribution in [0.4, 0.5) is 0 Å². The van der Waals surface area contributed by atoms with E-state index in [2.05, 4.69) is 15.1 Å². The van der Waals surface area contributed by atoms with E-state index in [1.54, 1.807) is 19.3 Å². The minimum atomic E-state index is -0.476. The van der Waals surface area contributed by atoms with Crippen molar-refractivity contribution in [3.05, 3.63) is 24.3 Å². The lowest BCUT2D eigenvalue weighted by atomic mass is 10.5. The maximum absolute atomic E-state index is 11.3. The highest BCUT2D eigenvalue weighted by Gasteiger charge is 2.09. The van der Waals surface area contributed by atoms with E-state index in [0.717, 1.165) is 0 Å². The molecule has 0 saturated carbocycles. The number of ether oxygens (including phenoxy) is 1. The average molecular weight is 192 g/mol. The van der Waals surface area contributed by atoms with Crippen molar-refractivity contribution in [1.82, 2.24) is 19.6 Å². The van der Waals surface area contributed by atoms with Crippen LogP contribution < -0.4 is 0 Å². The van der Waals surface area contributed by atoms with Crippen molar-refractivity contribution in [1.29, 1.82) is 0 Å². The quantitative estimate of drug-likeness (QED) is 0.640. The van der Waals surface area contributed by atoms with Gasteiger partial charge in [0.2, 0.25) is 0 Å². The van der Waals surface area contributed by atoms with E-state index >= 15 is 0 Å². The first kappa shape index (κ1) is 8.61. The van der Waals surface area contributed by atoms with Crippen LogP contribution in [0, 0.1) is 0 Å². The van der Waals surface area contributed by atoms with Gasteiger partial charge in [0.15, 0.2) is 5.69 Å². The van der Waals surface area contributed by atoms with Gasteiger partial charge in [-0.25, -0.2) is 19.3 Å². The molecule has 2 aromatic rings. The highest BCUT2D eigenvalue weighted by Crippen LogP contribution is 1.98. The van der Waals surface area contributed by atoms with Crippen LogP contribution in [0.1, 0.15) is 17.4 Å². The van der Waals surface area contributed by atoms with Crippen molar-refractivity contribution in [2.45, 2.75) is 6.92 Å². The maximum atomic E-state index is 11.3. The Labute approximate surface area is 79.5 Å². The molecule has 0 aliphatic heterocycles. The van der Waals surface area contributed by atoms with Crippen LogP contribution in [-0.4, -0.2) is 32.2 Å². The second-order valence-electron chi connectivity index (χ2n) is 2.54. The van der Waals surface area contributed by atoms with E-state index < -0.39 is 5.97 Å². The van der Waals surface area contributed by atoms with E-state index in [-0.39, 0.29) is 5.69 Å². The van der Waals surface area contributed by atoms with Gasteiger partial charge in [0.25, 0.3) is 5.78 Å². The molecule has 72 valence electrons. The maximum Gasteiger partial charge on any atom is 0.360 e. The summed E-state index contributed by atoms with van der Waals surface area (Å²) in [6, 6.07) is 0. The number of imidazole rings is 1. The smallest absolute Gasteiger partial charge is 0.360 e. The summed E-state index contributed by atoms with van der Waals surface area (Å²) in [6.45, 7) is 2.06. The lowest BCUT2D eigenvalue weighted by molar-refractivity contribution is 0.0517. The minimum Gasteiger partial charge on any atom is -0.461 e. The molecular weight excluding hydrogens is 184 g/mol. The standard InChI is InChI=1S/C8H8N4O2/c1-2-14-7(13)6-5-10-8-9-3-4-12(8)11-6/h3-5H,2H2,1H3. The van der Waals surface area contributed by atoms with Gasteiger partial charge in [-0.15, -0.1) is 0 Å². The van der Waals surface area contributed by atoms with E-state index in [1.165, 1.54) is 10.7 Å². The number of carbonyl (C=O) groups is 1. The predicted molar refractivity (Wildman–Crippen MR) is 46.7 cm³/mol. The van der Waals surface area contributed by atoms with Gasteiger partial charge in [0.05, 0.1) is 19.0 Å². The Balaban J connectivity index is 2.38. The molecule has 0 spiro atoms. The molecule has 2 heterocycles. The van der Waals surface area contributed by atoms with Gasteiger partial charge in [0.1, 0.15) is 0 Å². The normalized spacial score (nSPS) is 10.4. The molecule has 6 heteroatoms. The van der Waals surface area contributed by atoms with Crippen molar-refractivity contribution >= 4 is 11.7 Å². The summed E-state index contributed by atoms with van der Waals surface area (Å²) < 4.78 is 6.20. The molecule has 0 amide bonds. The van der Waals surface area contributed by atoms with Crippen molar-refractivity contribution in [2.24, 2.45) is 0 Å². The Hall–Kier alpha value is -1.98. The fourth-order valence-electron chi connectivity index (χ4n) is 1.02. The number of aromatic nitrogens is 4. The van der Waals surface area contributed by atoms with Crippen LogP contribution in [0.25, 0.3) is 5.78 Å². The largest absolute Gasteiger partial charge is 0.461 e. The first-order chi connectivity index (χ1) is 6.81. The van der Waals surface area contributed by atoms with Gasteiger partial charge in [0, 0.05) is 6.20 Å². The zero-order valence-electron chi connectivity index (χ0n) is 7.54. The van der Waals surface area contributed by atoms with Crippen molar-refractivity contribution in [2.75, 3.05) is 6.61 Å². The molecule has 14 heavy (non-hydrogen) atoms. The average Bonchev–Trinajstić information content (AvgIpc) is 2.64. The molecule has 0 radical (unpaired) electrons. The monoisotopic (exact) mass is 192 g/mol. The molecule has 0 unspecified atom stereocenters. The second-order valence-corrected chi connectivity index (χ2v) is 2.54. The number of hydrogen-bond donors (Lipinski definition) is 0. The molecular formula is C8H8N4O2. The summed E-state index contributed by atoms with van der Waals surface area (Å²) in [4.78, 5) is 19.1. The molecule has 2 aromatic heterocycles. The predicted octanol–water partition coefficient (Wildman–Crippen LogP) is 0.301. The third kappa shape index (κ3) is 1.41. The molecule has 0 aliphatic carbocycles. The number of hydrogen-bond acceptors (Lipinski definition) is 5. The van der Waals surface area contributed by atoms with Gasteiger partial charge >= 0.3 is 5.97 Å². The van der Waals surface area contributed by atoms with Gasteiger partial charge in [-0.1, -0.05) is 0 Å². The number of fused-ring (bicyclic) bond motifs is 1. The number of nitrogens with zero attached hydrogens (tertiary/aromatic N) is 4. The molecule has 0 aliphatic rings. The first-order valence-electron chi connectivity index (χ1n) is 4.15. The van der Waals surface area contributed by atoms with Gasteiger partial charge in [-0.05, 0) is 6.92 Å². The second kappa shape index (κ2) is 3.41. The third-order valence-corrected chi connectivity index (χ3v) is 1.61. The minimum absolute atomic E-state index is 0.178. The third-order valence-electron chi connectivity index (χ3n) is 1.61. The lowest BCUT2D eigenvalue weighted by Crippen LogP contribution is -2.10. The number of esters is 1. The van der Waals surface area contributed by atoms with Crippen molar-refractivity contribution in [3.63, 3.8) is 0 Å². The number of rotatable bonds is 2. The molecule has 0 N–H and O–H groups in total. The van der Waals surface area contributed by atoms with Crippen LogP contribution in [0.3, 0.4) is 0 Å². The van der Waals surface area contributed by atoms with E-state index in [4.69, 9.17) is 4.74 Å². The summed E-state index contributed by atoms with van der Waals surface area (Å²) >= 11 is 0. The number of carbonyl (C=O) groups excluding carboxylic acids is 1. The summed E-state index contributed by atoms with van der Waals surface area (Å²) in [5.74, 6) is -0.0198. The van der Waals surface area contributed by atoms with Crippen LogP contribution >= 0.6 is 0 Å². The zero-order valence-corrected chi connectivity index (χ0v) is 7.54. The summed E-state index contributed by atoms with van der Waals surface area (Å²) in [5, 5.41) is 3.97. The molecule has 0 atom stereocenters. The SMILES string of the molecule is CCOC(=O)c1cnc2nccn2n1. The van der Waals surface area contributed by atoms with Crippen molar-refractivity contribution in [3.8, 4) is 0 Å². The fraction of sp³-hybridized carbons (Fsp3) is 0.250. The Morgan fingerprint density at radius 3 is 3.21 bits per heavy atom. The topological polar surface area (TPSA) is 69.4 Å². The van der Waals surface area contributed by atoms with E-state index in [0.29, 0.717) is 12.4 Å². The molecule has 2 rings (SSSR count). The zero-order chi connectivity index (χ0) is 9.97. The van der Waals surface area contributed by atoms with Gasteiger partial charge in [-0.2, -0.15) is 5.10 Å². The van der Waals surface area contributed by atoms with Gasteiger partial charge < -0.3 is 4.74 Å². The van der Waals surface area contributed by atoms with Crippen LogP contribution in [0.15, 0.2) is 18.6 Å². The highest BCUT2D eigenvalue weighted by molar-refractivity contribution is 5.86. The van der Waals surface area contributed by atoms with Gasteiger partial charge in [-0.3, -0.25) is 0 Å². The van der Waals surface area contributed by atoms with Crippen molar-refractivity contribution < 1.29 is 9.53 Å². The Kier molecular flexibility index (Phi) is 2.10. The Bertz CT molecular complexity index is 465. The Morgan fingerprint density at radius 1 is 1.57 bits per heavy atom. The molecule has 0 bridgehead atoms. The van der Waals surface area contributed by atoms with E-state index in [1.807, 2.05) is 0 Å². The summed E-state index contributed by atoms with van der Waals surface area (Å²) in [6.07, 6.45) is 4.52. The molecule has 6 nitrogen and oxygen atoms in total. The summed E-state index contributed by atoms with van der Waals surface area (Å²) in [7, 11) is 0.